The van der Waals surface area contributed by atoms with E-state index in [1.54, 1.807) is 42.6 Å². The third-order valence-electron chi connectivity index (χ3n) is 3.11. The van der Waals surface area contributed by atoms with E-state index >= 15 is 0 Å². The quantitative estimate of drug-likeness (QED) is 0.549. The number of hydrogen-bond donors (Lipinski definition) is 0. The van der Waals surface area contributed by atoms with Crippen molar-refractivity contribution in [2.24, 2.45) is 5.10 Å². The molecule has 0 N–H and O–H groups in total. The van der Waals surface area contributed by atoms with Gasteiger partial charge in [-0.1, -0.05) is 35.3 Å². The van der Waals surface area contributed by atoms with Gasteiger partial charge in [0.1, 0.15) is 0 Å². The van der Waals surface area contributed by atoms with Crippen LogP contribution in [0, 0.1) is 0 Å². The Hall–Kier alpha value is -1.84. The highest BCUT2D eigenvalue weighted by Gasteiger charge is 2.27. The molecular weight excluding hydrogens is 331 g/mol. The van der Waals surface area contributed by atoms with Crippen LogP contribution >= 0.6 is 23.2 Å². The van der Waals surface area contributed by atoms with Gasteiger partial charge in [-0.2, -0.15) is 5.10 Å². The van der Waals surface area contributed by atoms with Crippen LogP contribution in [0.15, 0.2) is 53.6 Å². The highest BCUT2D eigenvalue weighted by atomic mass is 35.5. The van der Waals surface area contributed by atoms with E-state index in [1.807, 2.05) is 32.9 Å². The summed E-state index contributed by atoms with van der Waals surface area (Å²) in [5.41, 5.74) is 0.949. The fourth-order valence-corrected chi connectivity index (χ4v) is 2.17. The number of hydrazone groups is 1. The fraction of sp³-hybridized carbons (Fsp3) is 0.222. The van der Waals surface area contributed by atoms with E-state index < -0.39 is 5.54 Å². The predicted octanol–water partition coefficient (Wildman–Crippen LogP) is 5.27. The van der Waals surface area contributed by atoms with E-state index in [9.17, 15) is 4.79 Å². The molecule has 0 fully saturated rings. The first-order chi connectivity index (χ1) is 10.8. The van der Waals surface area contributed by atoms with Crippen molar-refractivity contribution in [3.8, 4) is 0 Å². The normalized spacial score (nSPS) is 11.7. The molecule has 3 nitrogen and oxygen atoms in total. The zero-order valence-electron chi connectivity index (χ0n) is 13.3. The predicted molar refractivity (Wildman–Crippen MR) is 96.4 cm³/mol. The highest BCUT2D eigenvalue weighted by Crippen LogP contribution is 2.19. The maximum atomic E-state index is 12.7. The van der Waals surface area contributed by atoms with Gasteiger partial charge in [0.05, 0.1) is 11.8 Å². The number of carbonyl (C=O) groups excluding carboxylic acids is 1. The number of carbonyl (C=O) groups is 1. The average Bonchev–Trinajstić information content (AvgIpc) is 2.48. The van der Waals surface area contributed by atoms with Gasteiger partial charge in [0, 0.05) is 15.6 Å². The van der Waals surface area contributed by atoms with Gasteiger partial charge in [-0.05, 0) is 62.7 Å². The largest absolute Gasteiger partial charge is 0.274 e. The van der Waals surface area contributed by atoms with Crippen LogP contribution in [0.25, 0.3) is 0 Å². The van der Waals surface area contributed by atoms with E-state index in [0.717, 1.165) is 5.56 Å². The highest BCUT2D eigenvalue weighted by molar-refractivity contribution is 6.31. The number of benzene rings is 2. The van der Waals surface area contributed by atoms with Gasteiger partial charge in [-0.25, -0.2) is 5.01 Å². The van der Waals surface area contributed by atoms with Gasteiger partial charge in [0.25, 0.3) is 5.91 Å². The summed E-state index contributed by atoms with van der Waals surface area (Å²) in [6, 6.07) is 14.0. The second-order valence-corrected chi connectivity index (χ2v) is 6.96. The molecule has 120 valence electrons. The number of nitrogens with zero attached hydrogens (tertiary/aromatic N) is 2. The van der Waals surface area contributed by atoms with Gasteiger partial charge in [-0.15, -0.1) is 0 Å². The van der Waals surface area contributed by atoms with Crippen LogP contribution in [0.3, 0.4) is 0 Å². The van der Waals surface area contributed by atoms with Crippen LogP contribution in [-0.4, -0.2) is 22.7 Å². The lowest BCUT2D eigenvalue weighted by Crippen LogP contribution is -2.41. The van der Waals surface area contributed by atoms with Gasteiger partial charge in [0.2, 0.25) is 0 Å². The van der Waals surface area contributed by atoms with Crippen molar-refractivity contribution in [3.63, 3.8) is 0 Å². The van der Waals surface area contributed by atoms with Crippen molar-refractivity contribution in [1.82, 2.24) is 5.01 Å². The summed E-state index contributed by atoms with van der Waals surface area (Å²) in [5.74, 6) is -0.181. The lowest BCUT2D eigenvalue weighted by Gasteiger charge is -2.31. The lowest BCUT2D eigenvalue weighted by atomic mass is 10.1. The summed E-state index contributed by atoms with van der Waals surface area (Å²) in [5, 5.41) is 7.09. The molecule has 0 heterocycles. The molecule has 0 saturated heterocycles. The topological polar surface area (TPSA) is 32.7 Å². The third kappa shape index (κ3) is 4.81. The Morgan fingerprint density at radius 3 is 1.91 bits per heavy atom. The number of amides is 1. The molecular formula is C18H18Cl2N2O. The fourth-order valence-electron chi connectivity index (χ4n) is 1.92. The number of halogens is 2. The molecule has 0 unspecified atom stereocenters. The van der Waals surface area contributed by atoms with Gasteiger partial charge >= 0.3 is 0 Å². The molecule has 5 heteroatoms. The van der Waals surface area contributed by atoms with Crippen molar-refractivity contribution >= 4 is 35.3 Å². The van der Waals surface area contributed by atoms with Crippen molar-refractivity contribution < 1.29 is 4.79 Å². The van der Waals surface area contributed by atoms with E-state index in [2.05, 4.69) is 5.10 Å². The van der Waals surface area contributed by atoms with E-state index in [1.165, 1.54) is 5.01 Å². The monoisotopic (exact) mass is 348 g/mol. The first-order valence-corrected chi connectivity index (χ1v) is 7.92. The van der Waals surface area contributed by atoms with Crippen LogP contribution in [0.1, 0.15) is 36.7 Å². The second-order valence-electron chi connectivity index (χ2n) is 6.09. The maximum absolute atomic E-state index is 12.7. The summed E-state index contributed by atoms with van der Waals surface area (Å²) in [7, 11) is 0. The van der Waals surface area contributed by atoms with Crippen LogP contribution < -0.4 is 0 Å². The molecule has 0 saturated carbocycles. The molecule has 1 amide bonds. The molecule has 2 rings (SSSR count). The molecule has 2 aromatic rings. The minimum Gasteiger partial charge on any atom is -0.267 e. The Morgan fingerprint density at radius 1 is 0.957 bits per heavy atom. The Balaban J connectivity index is 2.28. The zero-order chi connectivity index (χ0) is 17.0. The molecule has 0 atom stereocenters. The standard InChI is InChI=1S/C18H18Cl2N2O/c1-18(2,3)22(17(23)14-6-10-16(20)11-7-14)21-12-13-4-8-15(19)9-5-13/h4-12H,1-3H3/b21-12+. The van der Waals surface area contributed by atoms with Crippen LogP contribution in [0.2, 0.25) is 10.0 Å². The first kappa shape index (κ1) is 17.5. The zero-order valence-corrected chi connectivity index (χ0v) is 14.8. The van der Waals surface area contributed by atoms with Crippen molar-refractivity contribution in [2.75, 3.05) is 0 Å². The minimum atomic E-state index is -0.459. The summed E-state index contributed by atoms with van der Waals surface area (Å²) in [6.45, 7) is 5.79. The van der Waals surface area contributed by atoms with Gasteiger partial charge < -0.3 is 0 Å². The SMILES string of the molecule is CC(C)(C)N(/N=C/c1ccc(Cl)cc1)C(=O)c1ccc(Cl)cc1. The van der Waals surface area contributed by atoms with Crippen molar-refractivity contribution in [2.45, 2.75) is 26.3 Å². The molecule has 23 heavy (non-hydrogen) atoms. The molecule has 0 aliphatic rings. The third-order valence-corrected chi connectivity index (χ3v) is 3.62. The Bertz CT molecular complexity index is 701. The average molecular weight is 349 g/mol. The molecule has 2 aromatic carbocycles. The van der Waals surface area contributed by atoms with E-state index in [-0.39, 0.29) is 5.91 Å². The summed E-state index contributed by atoms with van der Waals surface area (Å²) < 4.78 is 0. The molecule has 0 bridgehead atoms. The van der Waals surface area contributed by atoms with E-state index in [0.29, 0.717) is 15.6 Å². The lowest BCUT2D eigenvalue weighted by molar-refractivity contribution is 0.0593. The smallest absolute Gasteiger partial charge is 0.267 e. The van der Waals surface area contributed by atoms with E-state index in [4.69, 9.17) is 23.2 Å². The summed E-state index contributed by atoms with van der Waals surface area (Å²) in [4.78, 5) is 12.7. The Labute approximate surface area is 146 Å². The van der Waals surface area contributed by atoms with Crippen LogP contribution in [0.4, 0.5) is 0 Å². The molecule has 0 aliphatic carbocycles. The number of hydrogen-bond acceptors (Lipinski definition) is 2. The summed E-state index contributed by atoms with van der Waals surface area (Å²) in [6.07, 6.45) is 1.65. The minimum absolute atomic E-state index is 0.181. The molecule has 0 spiro atoms. The maximum Gasteiger partial charge on any atom is 0.274 e. The Kier molecular flexibility index (Phi) is 5.45. The summed E-state index contributed by atoms with van der Waals surface area (Å²) >= 11 is 11.7. The second kappa shape index (κ2) is 7.16. The Morgan fingerprint density at radius 2 is 1.43 bits per heavy atom. The van der Waals surface area contributed by atoms with Gasteiger partial charge in [-0.3, -0.25) is 4.79 Å². The molecule has 0 aromatic heterocycles. The van der Waals surface area contributed by atoms with Gasteiger partial charge in [0.15, 0.2) is 0 Å². The van der Waals surface area contributed by atoms with Crippen LogP contribution in [-0.2, 0) is 0 Å². The van der Waals surface area contributed by atoms with Crippen LogP contribution in [0.5, 0.6) is 0 Å². The first-order valence-electron chi connectivity index (χ1n) is 7.17. The van der Waals surface area contributed by atoms with Crippen molar-refractivity contribution in [1.29, 1.82) is 0 Å². The molecule has 0 radical (unpaired) electrons. The molecule has 0 aliphatic heterocycles. The van der Waals surface area contributed by atoms with Crippen molar-refractivity contribution in [3.05, 3.63) is 69.7 Å². The number of rotatable bonds is 3.